The summed E-state index contributed by atoms with van der Waals surface area (Å²) in [6.45, 7) is 1.11. The van der Waals surface area contributed by atoms with E-state index in [4.69, 9.17) is 4.74 Å². The number of esters is 1. The van der Waals surface area contributed by atoms with Gasteiger partial charge in [-0.1, -0.05) is 0 Å². The van der Waals surface area contributed by atoms with Crippen molar-refractivity contribution in [3.63, 3.8) is 0 Å². The Morgan fingerprint density at radius 2 is 2.41 bits per heavy atom. The van der Waals surface area contributed by atoms with E-state index in [-0.39, 0.29) is 12.5 Å². The van der Waals surface area contributed by atoms with Gasteiger partial charge < -0.3 is 14.4 Å². The van der Waals surface area contributed by atoms with Crippen LogP contribution in [0, 0.1) is 0 Å². The highest BCUT2D eigenvalue weighted by Crippen LogP contribution is 2.13. The highest BCUT2D eigenvalue weighted by Gasteiger charge is 2.30. The molecule has 0 aromatic carbocycles. The van der Waals surface area contributed by atoms with E-state index in [0.29, 0.717) is 18.7 Å². The van der Waals surface area contributed by atoms with E-state index < -0.39 is 12.1 Å². The largest absolute Gasteiger partial charge is 0.467 e. The van der Waals surface area contributed by atoms with Crippen molar-refractivity contribution < 1.29 is 19.1 Å². The van der Waals surface area contributed by atoms with Gasteiger partial charge in [0, 0.05) is 11.9 Å². The van der Waals surface area contributed by atoms with E-state index >= 15 is 0 Å². The molecule has 1 aromatic rings. The Kier molecular flexibility index (Phi) is 3.75. The fraction of sp³-hybridized carbons (Fsp3) is 0.455. The van der Waals surface area contributed by atoms with Crippen molar-refractivity contribution in [1.29, 1.82) is 0 Å². The van der Waals surface area contributed by atoms with Gasteiger partial charge in [-0.25, -0.2) is 4.79 Å². The number of thiophene rings is 1. The Bertz CT molecular complexity index is 404. The first kappa shape index (κ1) is 12.1. The summed E-state index contributed by atoms with van der Waals surface area (Å²) in [5.74, 6) is -0.503. The molecule has 0 radical (unpaired) electrons. The standard InChI is InChI=1S/C11H13NO4S/c1-15-11(14)9-6-12(3-4-16-9)10(13)8-2-5-17-7-8/h2,5,7,9H,3-4,6H2,1H3. The molecule has 6 heteroatoms. The molecular formula is C11H13NO4S. The monoisotopic (exact) mass is 255 g/mol. The summed E-state index contributed by atoms with van der Waals surface area (Å²) in [6.07, 6.45) is -0.670. The first-order chi connectivity index (χ1) is 8.22. The minimum atomic E-state index is -0.670. The highest BCUT2D eigenvalue weighted by molar-refractivity contribution is 7.08. The Morgan fingerprint density at radius 1 is 1.59 bits per heavy atom. The summed E-state index contributed by atoms with van der Waals surface area (Å²) < 4.78 is 9.87. The molecule has 1 saturated heterocycles. The molecule has 92 valence electrons. The molecule has 1 fully saturated rings. The van der Waals surface area contributed by atoms with Crippen LogP contribution in [-0.2, 0) is 14.3 Å². The topological polar surface area (TPSA) is 55.8 Å². The maximum Gasteiger partial charge on any atom is 0.336 e. The molecule has 1 aromatic heterocycles. The van der Waals surface area contributed by atoms with Crippen molar-refractivity contribution in [2.24, 2.45) is 0 Å². The molecule has 0 bridgehead atoms. The average Bonchev–Trinajstić information content (AvgIpc) is 2.91. The lowest BCUT2D eigenvalue weighted by atomic mass is 10.2. The minimum absolute atomic E-state index is 0.0662. The van der Waals surface area contributed by atoms with E-state index in [1.54, 1.807) is 16.3 Å². The first-order valence-electron chi connectivity index (χ1n) is 5.23. The van der Waals surface area contributed by atoms with Gasteiger partial charge in [-0.2, -0.15) is 11.3 Å². The number of hydrogen-bond acceptors (Lipinski definition) is 5. The highest BCUT2D eigenvalue weighted by atomic mass is 32.1. The zero-order valence-electron chi connectivity index (χ0n) is 9.42. The Morgan fingerprint density at radius 3 is 3.06 bits per heavy atom. The van der Waals surface area contributed by atoms with E-state index in [1.807, 2.05) is 5.38 Å². The zero-order chi connectivity index (χ0) is 12.3. The van der Waals surface area contributed by atoms with Gasteiger partial charge in [0.15, 0.2) is 6.10 Å². The molecule has 0 aliphatic carbocycles. The van der Waals surface area contributed by atoms with Crippen LogP contribution in [0.1, 0.15) is 10.4 Å². The van der Waals surface area contributed by atoms with E-state index in [2.05, 4.69) is 4.74 Å². The number of hydrogen-bond donors (Lipinski definition) is 0. The molecule has 1 unspecified atom stereocenters. The second kappa shape index (κ2) is 5.29. The third kappa shape index (κ3) is 2.65. The zero-order valence-corrected chi connectivity index (χ0v) is 10.2. The minimum Gasteiger partial charge on any atom is -0.467 e. The van der Waals surface area contributed by atoms with Crippen LogP contribution in [0.4, 0.5) is 0 Å². The van der Waals surface area contributed by atoms with Crippen molar-refractivity contribution in [3.05, 3.63) is 22.4 Å². The van der Waals surface area contributed by atoms with Gasteiger partial charge in [0.2, 0.25) is 0 Å². The van der Waals surface area contributed by atoms with E-state index in [0.717, 1.165) is 0 Å². The fourth-order valence-corrected chi connectivity index (χ4v) is 2.31. The number of nitrogens with zero attached hydrogens (tertiary/aromatic N) is 1. The Balaban J connectivity index is 2.02. The lowest BCUT2D eigenvalue weighted by molar-refractivity contribution is -0.158. The predicted molar refractivity (Wildman–Crippen MR) is 62.0 cm³/mol. The second-order valence-corrected chi connectivity index (χ2v) is 4.43. The number of carbonyl (C=O) groups excluding carboxylic acids is 2. The predicted octanol–water partition coefficient (Wildman–Crippen LogP) is 0.762. The summed E-state index contributed by atoms with van der Waals surface area (Å²) in [7, 11) is 1.31. The van der Waals surface area contributed by atoms with Crippen LogP contribution in [0.5, 0.6) is 0 Å². The van der Waals surface area contributed by atoms with Crippen molar-refractivity contribution in [2.75, 3.05) is 26.8 Å². The van der Waals surface area contributed by atoms with Crippen molar-refractivity contribution in [1.82, 2.24) is 4.90 Å². The normalized spacial score (nSPS) is 20.1. The number of methoxy groups -OCH3 is 1. The fourth-order valence-electron chi connectivity index (χ4n) is 1.68. The molecule has 1 atom stereocenters. The summed E-state index contributed by atoms with van der Waals surface area (Å²) in [5.41, 5.74) is 0.653. The average molecular weight is 255 g/mol. The number of ether oxygens (including phenoxy) is 2. The van der Waals surface area contributed by atoms with Gasteiger partial charge in [0.1, 0.15) is 0 Å². The van der Waals surface area contributed by atoms with Crippen molar-refractivity contribution in [2.45, 2.75) is 6.10 Å². The smallest absolute Gasteiger partial charge is 0.336 e. The maximum atomic E-state index is 12.0. The van der Waals surface area contributed by atoms with Crippen LogP contribution in [0.25, 0.3) is 0 Å². The van der Waals surface area contributed by atoms with Gasteiger partial charge >= 0.3 is 5.97 Å². The van der Waals surface area contributed by atoms with Crippen LogP contribution in [0.3, 0.4) is 0 Å². The van der Waals surface area contributed by atoms with Gasteiger partial charge in [-0.05, 0) is 11.4 Å². The molecule has 0 N–H and O–H groups in total. The number of rotatable bonds is 2. The Hall–Kier alpha value is -1.40. The van der Waals surface area contributed by atoms with Gasteiger partial charge in [0.05, 0.1) is 25.8 Å². The Labute approximate surface area is 103 Å². The van der Waals surface area contributed by atoms with Gasteiger partial charge in [-0.3, -0.25) is 4.79 Å². The summed E-state index contributed by atoms with van der Waals surface area (Å²) >= 11 is 1.47. The first-order valence-corrected chi connectivity index (χ1v) is 6.17. The molecular weight excluding hydrogens is 242 g/mol. The lowest BCUT2D eigenvalue weighted by Gasteiger charge is -2.31. The number of carbonyl (C=O) groups is 2. The molecule has 0 saturated carbocycles. The molecule has 2 rings (SSSR count). The van der Waals surface area contributed by atoms with Crippen LogP contribution in [0.15, 0.2) is 16.8 Å². The van der Waals surface area contributed by atoms with Crippen LogP contribution >= 0.6 is 11.3 Å². The van der Waals surface area contributed by atoms with Gasteiger partial charge in [-0.15, -0.1) is 0 Å². The van der Waals surface area contributed by atoms with Crippen LogP contribution < -0.4 is 0 Å². The number of morpholine rings is 1. The van der Waals surface area contributed by atoms with Crippen LogP contribution in [-0.4, -0.2) is 49.7 Å². The van der Waals surface area contributed by atoms with Gasteiger partial charge in [0.25, 0.3) is 5.91 Å². The third-order valence-electron chi connectivity index (χ3n) is 2.59. The summed E-state index contributed by atoms with van der Waals surface area (Å²) in [6, 6.07) is 1.77. The summed E-state index contributed by atoms with van der Waals surface area (Å²) in [5, 5.41) is 3.65. The summed E-state index contributed by atoms with van der Waals surface area (Å²) in [4.78, 5) is 25.0. The van der Waals surface area contributed by atoms with Crippen molar-refractivity contribution in [3.8, 4) is 0 Å². The molecule has 0 spiro atoms. The maximum absolute atomic E-state index is 12.0. The van der Waals surface area contributed by atoms with E-state index in [1.165, 1.54) is 18.4 Å². The molecule has 1 aliphatic rings. The van der Waals surface area contributed by atoms with Crippen LogP contribution in [0.2, 0.25) is 0 Å². The molecule has 1 amide bonds. The third-order valence-corrected chi connectivity index (χ3v) is 3.27. The lowest BCUT2D eigenvalue weighted by Crippen LogP contribution is -2.48. The number of amides is 1. The molecule has 1 aliphatic heterocycles. The second-order valence-electron chi connectivity index (χ2n) is 3.65. The SMILES string of the molecule is COC(=O)C1CN(C(=O)c2ccsc2)CCO1. The van der Waals surface area contributed by atoms with Crippen molar-refractivity contribution >= 4 is 23.2 Å². The van der Waals surface area contributed by atoms with E-state index in [9.17, 15) is 9.59 Å². The molecule has 2 heterocycles. The molecule has 17 heavy (non-hydrogen) atoms. The quantitative estimate of drug-likeness (QED) is 0.732. The molecule has 5 nitrogen and oxygen atoms in total.